The van der Waals surface area contributed by atoms with Crippen molar-refractivity contribution in [3.05, 3.63) is 45.8 Å². The van der Waals surface area contributed by atoms with E-state index in [1.54, 1.807) is 13.0 Å². The van der Waals surface area contributed by atoms with Crippen molar-refractivity contribution in [2.75, 3.05) is 13.1 Å². The van der Waals surface area contributed by atoms with Crippen LogP contribution in [0.15, 0.2) is 21.6 Å². The molecule has 0 spiro atoms. The number of rotatable bonds is 6. The number of piperidine rings is 1. The first-order valence-electron chi connectivity index (χ1n) is 11.2. The molecule has 4 rings (SSSR count). The molecule has 2 aromatic rings. The molecule has 1 saturated carbocycles. The van der Waals surface area contributed by atoms with Crippen LogP contribution in [0, 0.1) is 33.6 Å². The van der Waals surface area contributed by atoms with Gasteiger partial charge in [-0.15, -0.1) is 0 Å². The molecule has 8 heteroatoms. The van der Waals surface area contributed by atoms with Gasteiger partial charge in [0, 0.05) is 19.1 Å². The third kappa shape index (κ3) is 4.66. The molecule has 1 saturated heterocycles. The number of nitrogens with one attached hydrogen (secondary N) is 1. The van der Waals surface area contributed by atoms with Gasteiger partial charge in [0.1, 0.15) is 5.69 Å². The Balaban J connectivity index is 1.59. The van der Waals surface area contributed by atoms with Gasteiger partial charge in [-0.1, -0.05) is 28.9 Å². The van der Waals surface area contributed by atoms with Crippen LogP contribution in [-0.2, 0) is 14.8 Å². The number of aryl methyl sites for hydroxylation is 4. The molecule has 1 atom stereocenters. The Hall–Kier alpha value is -2.45. The number of sulfonamides is 1. The lowest BCUT2D eigenvalue weighted by atomic mass is 9.99. The number of carbonyl (C=O) groups excluding carboxylic acids is 1. The van der Waals surface area contributed by atoms with E-state index < -0.39 is 10.0 Å². The minimum atomic E-state index is -3.84. The van der Waals surface area contributed by atoms with Crippen molar-refractivity contribution in [1.82, 2.24) is 14.8 Å². The smallest absolute Gasteiger partial charge is 0.248 e. The lowest BCUT2D eigenvalue weighted by molar-refractivity contribution is -0.126. The van der Waals surface area contributed by atoms with Crippen LogP contribution in [0.4, 0.5) is 0 Å². The van der Waals surface area contributed by atoms with E-state index in [0.717, 1.165) is 29.5 Å². The first kappa shape index (κ1) is 22.7. The average Bonchev–Trinajstić information content (AvgIpc) is 3.46. The van der Waals surface area contributed by atoms with Gasteiger partial charge in [0.25, 0.3) is 0 Å². The summed E-state index contributed by atoms with van der Waals surface area (Å²) in [5, 5.41) is 6.94. The molecule has 0 bridgehead atoms. The molecular formula is C24H31N3O4S. The average molecular weight is 458 g/mol. The zero-order chi connectivity index (χ0) is 23.0. The van der Waals surface area contributed by atoms with Gasteiger partial charge >= 0.3 is 0 Å². The van der Waals surface area contributed by atoms with Gasteiger partial charge in [0.05, 0.1) is 5.92 Å². The summed E-state index contributed by atoms with van der Waals surface area (Å²) < 4.78 is 33.9. The monoisotopic (exact) mass is 457 g/mol. The van der Waals surface area contributed by atoms with Gasteiger partial charge in [-0.3, -0.25) is 4.79 Å². The predicted octanol–water partition coefficient (Wildman–Crippen LogP) is 3.76. The van der Waals surface area contributed by atoms with Crippen molar-refractivity contribution in [2.24, 2.45) is 5.92 Å². The van der Waals surface area contributed by atoms with Gasteiger partial charge in [0.2, 0.25) is 15.9 Å². The van der Waals surface area contributed by atoms with Gasteiger partial charge in [0.15, 0.2) is 10.7 Å². The van der Waals surface area contributed by atoms with Gasteiger partial charge < -0.3 is 9.84 Å². The van der Waals surface area contributed by atoms with E-state index in [9.17, 15) is 13.2 Å². The van der Waals surface area contributed by atoms with Crippen molar-refractivity contribution >= 4 is 28.1 Å². The van der Waals surface area contributed by atoms with E-state index >= 15 is 0 Å². The fourth-order valence-electron chi connectivity index (χ4n) is 4.46. The summed E-state index contributed by atoms with van der Waals surface area (Å²) in [5.41, 5.74) is 4.76. The maximum Gasteiger partial charge on any atom is 0.248 e. The van der Waals surface area contributed by atoms with Crippen LogP contribution < -0.4 is 5.32 Å². The highest BCUT2D eigenvalue weighted by atomic mass is 32.2. The molecule has 1 aliphatic heterocycles. The van der Waals surface area contributed by atoms with E-state index in [0.29, 0.717) is 25.1 Å². The molecule has 1 unspecified atom stereocenters. The zero-order valence-electron chi connectivity index (χ0n) is 19.1. The largest absolute Gasteiger partial charge is 0.355 e. The molecular weight excluding hydrogens is 426 g/mol. The fourth-order valence-corrected chi connectivity index (χ4v) is 6.24. The predicted molar refractivity (Wildman–Crippen MR) is 123 cm³/mol. The minimum absolute atomic E-state index is 0.0418. The van der Waals surface area contributed by atoms with Crippen LogP contribution in [0.25, 0.3) is 12.2 Å². The van der Waals surface area contributed by atoms with Crippen molar-refractivity contribution in [1.29, 1.82) is 0 Å². The first-order chi connectivity index (χ1) is 15.2. The molecule has 172 valence electrons. The molecule has 0 radical (unpaired) electrons. The highest BCUT2D eigenvalue weighted by Gasteiger charge is 2.38. The second kappa shape index (κ2) is 8.83. The SMILES string of the molecule is Cc1cc(C)c(C=Cc2onc(C)c2S(=O)(=O)N2CCCC(C(=O)NC3CC3)C2)c(C)c1. The summed E-state index contributed by atoms with van der Waals surface area (Å²) >= 11 is 0. The Labute approximate surface area is 189 Å². The second-order valence-electron chi connectivity index (χ2n) is 9.09. The van der Waals surface area contributed by atoms with Crippen molar-refractivity contribution in [3.8, 4) is 0 Å². The third-order valence-corrected chi connectivity index (χ3v) is 8.27. The second-order valence-corrected chi connectivity index (χ2v) is 11.0. The fraction of sp³-hybridized carbons (Fsp3) is 0.500. The van der Waals surface area contributed by atoms with Crippen LogP contribution in [0.1, 0.15) is 59.4 Å². The lowest BCUT2D eigenvalue weighted by Gasteiger charge is -2.31. The summed E-state index contributed by atoms with van der Waals surface area (Å²) in [7, 11) is -3.84. The Morgan fingerprint density at radius 2 is 1.81 bits per heavy atom. The lowest BCUT2D eigenvalue weighted by Crippen LogP contribution is -2.46. The molecule has 1 N–H and O–H groups in total. The molecule has 1 aliphatic carbocycles. The number of hydrogen-bond acceptors (Lipinski definition) is 5. The maximum atomic E-state index is 13.5. The standard InChI is InChI=1S/C24H31N3O4S/c1-15-12-16(2)21(17(3)13-15)9-10-22-23(18(4)26-31-22)32(29,30)27-11-5-6-19(14-27)24(28)25-20-7-8-20/h9-10,12-13,19-20H,5-8,11,14H2,1-4H3,(H,25,28). The van der Waals surface area contributed by atoms with E-state index in [1.165, 1.54) is 9.87 Å². The number of nitrogens with zero attached hydrogens (tertiary/aromatic N) is 2. The van der Waals surface area contributed by atoms with Crippen LogP contribution in [-0.4, -0.2) is 42.9 Å². The van der Waals surface area contributed by atoms with Gasteiger partial charge in [-0.2, -0.15) is 4.31 Å². The molecule has 7 nitrogen and oxygen atoms in total. The number of carbonyl (C=O) groups is 1. The summed E-state index contributed by atoms with van der Waals surface area (Å²) in [6.07, 6.45) is 6.93. The molecule has 1 aromatic carbocycles. The Bertz CT molecular complexity index is 1140. The van der Waals surface area contributed by atoms with Crippen LogP contribution in [0.3, 0.4) is 0 Å². The van der Waals surface area contributed by atoms with E-state index in [4.69, 9.17) is 4.52 Å². The van der Waals surface area contributed by atoms with Gasteiger partial charge in [-0.05, 0) is 76.1 Å². The highest BCUT2D eigenvalue weighted by molar-refractivity contribution is 7.89. The van der Waals surface area contributed by atoms with Crippen molar-refractivity contribution < 1.29 is 17.7 Å². The molecule has 1 aromatic heterocycles. The Morgan fingerprint density at radius 1 is 1.12 bits per heavy atom. The minimum Gasteiger partial charge on any atom is -0.355 e. The molecule has 1 amide bonds. The van der Waals surface area contributed by atoms with E-state index in [-0.39, 0.29) is 35.1 Å². The maximum absolute atomic E-state index is 13.5. The van der Waals surface area contributed by atoms with Crippen molar-refractivity contribution in [2.45, 2.75) is 64.3 Å². The molecule has 2 aliphatic rings. The van der Waals surface area contributed by atoms with Gasteiger partial charge in [-0.25, -0.2) is 8.42 Å². The van der Waals surface area contributed by atoms with E-state index in [1.807, 2.05) is 19.9 Å². The summed E-state index contributed by atoms with van der Waals surface area (Å²) in [5.74, 6) is -0.151. The molecule has 2 fully saturated rings. The topological polar surface area (TPSA) is 92.5 Å². The summed E-state index contributed by atoms with van der Waals surface area (Å²) in [6.45, 7) is 8.32. The van der Waals surface area contributed by atoms with Crippen molar-refractivity contribution in [3.63, 3.8) is 0 Å². The number of benzene rings is 1. The first-order valence-corrected chi connectivity index (χ1v) is 12.6. The van der Waals surface area contributed by atoms with Crippen LogP contribution in [0.5, 0.6) is 0 Å². The number of hydrogen-bond donors (Lipinski definition) is 1. The molecule has 2 heterocycles. The third-order valence-electron chi connectivity index (χ3n) is 6.25. The summed E-state index contributed by atoms with van der Waals surface area (Å²) in [6, 6.07) is 4.45. The summed E-state index contributed by atoms with van der Waals surface area (Å²) in [4.78, 5) is 12.6. The number of amides is 1. The molecule has 32 heavy (non-hydrogen) atoms. The van der Waals surface area contributed by atoms with Crippen LogP contribution in [0.2, 0.25) is 0 Å². The number of aromatic nitrogens is 1. The Kier molecular flexibility index (Phi) is 6.27. The highest BCUT2D eigenvalue weighted by Crippen LogP contribution is 2.30. The quantitative estimate of drug-likeness (QED) is 0.713. The Morgan fingerprint density at radius 3 is 2.47 bits per heavy atom. The van der Waals surface area contributed by atoms with E-state index in [2.05, 4.69) is 29.5 Å². The zero-order valence-corrected chi connectivity index (χ0v) is 20.0. The van der Waals surface area contributed by atoms with Crippen LogP contribution >= 0.6 is 0 Å². The normalized spacial score (nSPS) is 20.1.